The Bertz CT molecular complexity index is 1730. The molecule has 4 aromatic rings. The van der Waals surface area contributed by atoms with Crippen molar-refractivity contribution in [1.29, 1.82) is 0 Å². The van der Waals surface area contributed by atoms with Gasteiger partial charge in [-0.1, -0.05) is 173 Å². The minimum atomic E-state index is -1.54. The summed E-state index contributed by atoms with van der Waals surface area (Å²) >= 11 is 0. The number of benzene rings is 4. The number of hydrogen-bond acceptors (Lipinski definition) is 6. The molecule has 2 amide bonds. The predicted molar refractivity (Wildman–Crippen MR) is 225 cm³/mol. The molecule has 0 aliphatic heterocycles. The molecule has 0 spiro atoms. The third kappa shape index (κ3) is 15.6. The van der Waals surface area contributed by atoms with Crippen molar-refractivity contribution >= 4 is 24.8 Å². The van der Waals surface area contributed by atoms with Crippen LogP contribution in [0.25, 0.3) is 0 Å². The second-order valence-electron chi connectivity index (χ2n) is 14.9. The molecule has 4 atom stereocenters. The van der Waals surface area contributed by atoms with E-state index in [1.807, 2.05) is 121 Å². The lowest BCUT2D eigenvalue weighted by molar-refractivity contribution is -0.122. The van der Waals surface area contributed by atoms with Crippen LogP contribution in [0.5, 0.6) is 0 Å². The molecule has 10 heteroatoms. The van der Waals surface area contributed by atoms with E-state index in [2.05, 4.69) is 16.1 Å². The number of rotatable bonds is 28. The first kappa shape index (κ1) is 44.4. The van der Waals surface area contributed by atoms with E-state index in [1.165, 1.54) is 5.01 Å². The Hall–Kier alpha value is -5.32. The molecule has 0 aliphatic carbocycles. The van der Waals surface area contributed by atoms with Crippen LogP contribution < -0.4 is 16.1 Å². The highest BCUT2D eigenvalue weighted by Gasteiger charge is 2.49. The number of amides is 2. The number of hydrazine groups is 1. The molecule has 4 rings (SSSR count). The molecule has 304 valence electrons. The van der Waals surface area contributed by atoms with Gasteiger partial charge in [-0.3, -0.25) is 5.43 Å². The smallest absolute Gasteiger partial charge is 0.419 e. The third-order valence-electron chi connectivity index (χ3n) is 10.7. The maximum absolute atomic E-state index is 13.0. The quantitative estimate of drug-likeness (QED) is 0.0167. The maximum Gasteiger partial charge on any atom is 0.419 e. The predicted octanol–water partition coefficient (Wildman–Crippen LogP) is 8.65. The molecule has 10 nitrogen and oxygen atoms in total. The van der Waals surface area contributed by atoms with Crippen LogP contribution in [0.15, 0.2) is 121 Å². The van der Waals surface area contributed by atoms with Gasteiger partial charge in [0.25, 0.3) is 0 Å². The normalized spacial score (nSPS) is 13.8. The molecule has 57 heavy (non-hydrogen) atoms. The molecule has 0 saturated carbocycles. The summed E-state index contributed by atoms with van der Waals surface area (Å²) in [4.78, 5) is 50.0. The molecular formula is C47H60N4O6. The van der Waals surface area contributed by atoms with Gasteiger partial charge in [-0.2, -0.15) is 5.01 Å². The van der Waals surface area contributed by atoms with Crippen molar-refractivity contribution in [2.24, 2.45) is 5.92 Å². The van der Waals surface area contributed by atoms with Crippen molar-refractivity contribution in [1.82, 2.24) is 21.1 Å². The van der Waals surface area contributed by atoms with Crippen molar-refractivity contribution < 1.29 is 29.4 Å². The fourth-order valence-electron chi connectivity index (χ4n) is 7.85. The molecule has 4 aromatic carbocycles. The molecule has 2 unspecified atom stereocenters. The molecule has 0 saturated heterocycles. The fourth-order valence-corrected chi connectivity index (χ4v) is 7.85. The molecule has 0 heterocycles. The number of unbranched alkanes of at least 4 members (excludes halogenated alkanes) is 8. The summed E-state index contributed by atoms with van der Waals surface area (Å²) in [5.41, 5.74) is 4.74. The molecule has 0 radical (unpaired) electrons. The Labute approximate surface area is 338 Å². The number of carbonyl (C=O) groups excluding carboxylic acids is 2. The first-order valence-corrected chi connectivity index (χ1v) is 20.4. The highest BCUT2D eigenvalue weighted by atomic mass is 16.4. The van der Waals surface area contributed by atoms with E-state index in [1.54, 1.807) is 0 Å². The largest absolute Gasteiger partial charge is 0.465 e. The van der Waals surface area contributed by atoms with Gasteiger partial charge in [0.1, 0.15) is 18.2 Å². The van der Waals surface area contributed by atoms with Crippen LogP contribution in [-0.2, 0) is 35.3 Å². The van der Waals surface area contributed by atoms with Gasteiger partial charge < -0.3 is 30.4 Å². The summed E-state index contributed by atoms with van der Waals surface area (Å²) in [7, 11) is 0. The average Bonchev–Trinajstić information content (AvgIpc) is 3.22. The van der Waals surface area contributed by atoms with Crippen LogP contribution in [0.1, 0.15) is 86.5 Å². The molecule has 0 aromatic heterocycles. The Balaban J connectivity index is 1.43. The standard InChI is InChI=1S/C47H60N4O6/c52-36-43(33-39-24-14-9-15-25-39)48-31-21-7-5-3-1-2-4-6-20-30-42(32-38-22-12-8-13-23-38)47(49-45(54)55,35-41-28-18-11-19-29-41)51(50-46(56)57)44(37-53)34-40-26-16-10-17-27-40/h8-19,22-29,36-37,42-44,48-50H,1-7,20-21,30-35H2,(H,54,55)(H,56,57)/t42-,43?,44-,47?/m0/s1. The van der Waals surface area contributed by atoms with E-state index in [-0.39, 0.29) is 18.9 Å². The highest BCUT2D eigenvalue weighted by Crippen LogP contribution is 2.35. The van der Waals surface area contributed by atoms with Gasteiger partial charge in [-0.15, -0.1) is 0 Å². The van der Waals surface area contributed by atoms with E-state index in [0.717, 1.165) is 92.9 Å². The van der Waals surface area contributed by atoms with Crippen molar-refractivity contribution in [2.75, 3.05) is 6.54 Å². The van der Waals surface area contributed by atoms with Crippen LogP contribution >= 0.6 is 0 Å². The molecule has 0 fully saturated rings. The van der Waals surface area contributed by atoms with E-state index < -0.39 is 29.8 Å². The fraction of sp³-hybridized carbons (Fsp3) is 0.404. The average molecular weight is 777 g/mol. The Morgan fingerprint density at radius 3 is 1.49 bits per heavy atom. The zero-order valence-corrected chi connectivity index (χ0v) is 33.0. The minimum absolute atomic E-state index is 0.120. The van der Waals surface area contributed by atoms with Crippen LogP contribution in [0, 0.1) is 5.92 Å². The maximum atomic E-state index is 13.0. The Morgan fingerprint density at radius 2 is 1.02 bits per heavy atom. The molecule has 5 N–H and O–H groups in total. The van der Waals surface area contributed by atoms with Gasteiger partial charge in [-0.05, 0) is 60.9 Å². The lowest BCUT2D eigenvalue weighted by atomic mass is 9.77. The number of aldehydes is 2. The van der Waals surface area contributed by atoms with E-state index >= 15 is 0 Å². The molecule has 0 bridgehead atoms. The zero-order chi connectivity index (χ0) is 40.6. The molecular weight excluding hydrogens is 717 g/mol. The van der Waals surface area contributed by atoms with Gasteiger partial charge >= 0.3 is 12.2 Å². The Kier molecular flexibility index (Phi) is 19.5. The lowest BCUT2D eigenvalue weighted by Crippen LogP contribution is -2.73. The van der Waals surface area contributed by atoms with E-state index in [0.29, 0.717) is 25.5 Å². The third-order valence-corrected chi connectivity index (χ3v) is 10.7. The van der Waals surface area contributed by atoms with Gasteiger partial charge in [0.2, 0.25) is 0 Å². The van der Waals surface area contributed by atoms with Gasteiger partial charge in [-0.25, -0.2) is 9.59 Å². The summed E-state index contributed by atoms with van der Waals surface area (Å²) in [5, 5.41) is 28.3. The summed E-state index contributed by atoms with van der Waals surface area (Å²) in [6, 6.07) is 37.4. The van der Waals surface area contributed by atoms with Crippen LogP contribution in [0.4, 0.5) is 9.59 Å². The zero-order valence-electron chi connectivity index (χ0n) is 33.0. The highest BCUT2D eigenvalue weighted by molar-refractivity contribution is 5.68. The van der Waals surface area contributed by atoms with Crippen molar-refractivity contribution in [3.63, 3.8) is 0 Å². The summed E-state index contributed by atoms with van der Waals surface area (Å²) in [5.74, 6) is -0.429. The summed E-state index contributed by atoms with van der Waals surface area (Å²) in [6.07, 6.45) is 10.5. The number of hydrogen-bond donors (Lipinski definition) is 5. The van der Waals surface area contributed by atoms with E-state index in [9.17, 15) is 29.4 Å². The van der Waals surface area contributed by atoms with Crippen LogP contribution in [0.2, 0.25) is 0 Å². The van der Waals surface area contributed by atoms with Crippen molar-refractivity contribution in [3.8, 4) is 0 Å². The molecule has 0 aliphatic rings. The second kappa shape index (κ2) is 25.0. The van der Waals surface area contributed by atoms with Crippen LogP contribution in [-0.4, -0.2) is 64.3 Å². The lowest BCUT2D eigenvalue weighted by Gasteiger charge is -2.50. The van der Waals surface area contributed by atoms with Gasteiger partial charge in [0, 0.05) is 12.3 Å². The van der Waals surface area contributed by atoms with Crippen molar-refractivity contribution in [3.05, 3.63) is 144 Å². The summed E-state index contributed by atoms with van der Waals surface area (Å²) < 4.78 is 0. The minimum Gasteiger partial charge on any atom is -0.465 e. The number of nitrogens with zero attached hydrogens (tertiary/aromatic N) is 1. The topological polar surface area (TPSA) is 148 Å². The SMILES string of the molecule is O=CC(Cc1ccccc1)NCCCCCCCCCCC[C@@H](Cc1ccccc1)C(Cc1ccccc1)(NC(=O)O)N(NC(=O)O)[C@H](C=O)Cc1ccccc1. The number of nitrogens with one attached hydrogen (secondary N) is 3. The Morgan fingerprint density at radius 1 is 0.561 bits per heavy atom. The monoisotopic (exact) mass is 776 g/mol. The van der Waals surface area contributed by atoms with Gasteiger partial charge in [0.05, 0.1) is 12.1 Å². The first-order chi connectivity index (χ1) is 27.8. The number of carboxylic acid groups (broad SMARTS) is 2. The second-order valence-corrected chi connectivity index (χ2v) is 14.9. The van der Waals surface area contributed by atoms with Crippen molar-refractivity contribution in [2.45, 2.75) is 108 Å². The van der Waals surface area contributed by atoms with Crippen LogP contribution in [0.3, 0.4) is 0 Å². The van der Waals surface area contributed by atoms with E-state index in [4.69, 9.17) is 0 Å². The number of carbonyl (C=O) groups is 4. The first-order valence-electron chi connectivity index (χ1n) is 20.4. The van der Waals surface area contributed by atoms with Gasteiger partial charge in [0.15, 0.2) is 0 Å². The summed E-state index contributed by atoms with van der Waals surface area (Å²) in [6.45, 7) is 0.822.